The molecule has 1 heterocycles. The number of hydrogen-bond acceptors (Lipinski definition) is 4. The van der Waals surface area contributed by atoms with Crippen molar-refractivity contribution in [3.05, 3.63) is 42.0 Å². The van der Waals surface area contributed by atoms with Gasteiger partial charge in [-0.15, -0.1) is 0 Å². The standard InChI is InChI=1S/C24H36N2O4/c1-29-22-15-13-21(14-16-22)19-25-23(27)20-26-17-11-9-7-5-3-2-4-6-8-10-12-18-30-24(26)28/h7,9,13-16H,2-6,8,10-12,17-20H2,1H3,(H,25,27)/b9-7+. The molecule has 166 valence electrons. The second-order valence-electron chi connectivity index (χ2n) is 7.68. The molecule has 0 radical (unpaired) electrons. The molecule has 6 nitrogen and oxygen atoms in total. The zero-order valence-corrected chi connectivity index (χ0v) is 18.2. The van der Waals surface area contributed by atoms with E-state index in [0.717, 1.165) is 37.0 Å². The molecular formula is C24H36N2O4. The van der Waals surface area contributed by atoms with Gasteiger partial charge in [-0.25, -0.2) is 4.79 Å². The minimum Gasteiger partial charge on any atom is -0.497 e. The van der Waals surface area contributed by atoms with Crippen molar-refractivity contribution in [2.75, 3.05) is 26.8 Å². The molecule has 0 saturated heterocycles. The van der Waals surface area contributed by atoms with E-state index in [2.05, 4.69) is 17.5 Å². The van der Waals surface area contributed by atoms with Gasteiger partial charge in [0.2, 0.25) is 5.91 Å². The van der Waals surface area contributed by atoms with Gasteiger partial charge in [-0.2, -0.15) is 0 Å². The van der Waals surface area contributed by atoms with E-state index in [1.165, 1.54) is 37.0 Å². The van der Waals surface area contributed by atoms with Crippen LogP contribution in [0.4, 0.5) is 4.79 Å². The summed E-state index contributed by atoms with van der Waals surface area (Å²) in [5.74, 6) is 0.583. The number of rotatable bonds is 5. The van der Waals surface area contributed by atoms with E-state index in [-0.39, 0.29) is 12.5 Å². The maximum atomic E-state index is 12.5. The molecule has 1 aromatic rings. The summed E-state index contributed by atoms with van der Waals surface area (Å²) < 4.78 is 10.6. The Balaban J connectivity index is 1.84. The van der Waals surface area contributed by atoms with Gasteiger partial charge >= 0.3 is 6.09 Å². The minimum atomic E-state index is -0.407. The number of nitrogens with zero attached hydrogens (tertiary/aromatic N) is 1. The Labute approximate surface area is 180 Å². The molecule has 0 bridgehead atoms. The number of carbonyl (C=O) groups excluding carboxylic acids is 2. The van der Waals surface area contributed by atoms with E-state index in [9.17, 15) is 9.59 Å². The van der Waals surface area contributed by atoms with Crippen LogP contribution in [0.25, 0.3) is 0 Å². The number of cyclic esters (lactones) is 1. The number of methoxy groups -OCH3 is 1. The van der Waals surface area contributed by atoms with Crippen molar-refractivity contribution in [1.82, 2.24) is 10.2 Å². The quantitative estimate of drug-likeness (QED) is 0.698. The number of carbonyl (C=O) groups is 2. The predicted octanol–water partition coefficient (Wildman–Crippen LogP) is 4.83. The molecular weight excluding hydrogens is 380 g/mol. The van der Waals surface area contributed by atoms with Crippen molar-refractivity contribution < 1.29 is 19.1 Å². The number of ether oxygens (including phenoxy) is 2. The molecule has 1 N–H and O–H groups in total. The van der Waals surface area contributed by atoms with Gasteiger partial charge in [-0.05, 0) is 43.4 Å². The van der Waals surface area contributed by atoms with Crippen molar-refractivity contribution in [2.45, 2.75) is 64.3 Å². The SMILES string of the molecule is COc1ccc(CNC(=O)CN2CC/C=C/CCCCCCCCCOC2=O)cc1. The Morgan fingerprint density at radius 3 is 2.40 bits per heavy atom. The molecule has 1 aromatic carbocycles. The Morgan fingerprint density at radius 2 is 1.67 bits per heavy atom. The first-order valence-electron chi connectivity index (χ1n) is 11.2. The van der Waals surface area contributed by atoms with E-state index < -0.39 is 6.09 Å². The summed E-state index contributed by atoms with van der Waals surface area (Å²) in [6, 6.07) is 7.53. The van der Waals surface area contributed by atoms with Crippen molar-refractivity contribution in [1.29, 1.82) is 0 Å². The van der Waals surface area contributed by atoms with Gasteiger partial charge < -0.3 is 14.8 Å². The van der Waals surface area contributed by atoms with Crippen LogP contribution in [0.1, 0.15) is 63.4 Å². The first-order chi connectivity index (χ1) is 14.7. The molecule has 0 unspecified atom stereocenters. The Morgan fingerprint density at radius 1 is 1.00 bits per heavy atom. The van der Waals surface area contributed by atoms with Crippen molar-refractivity contribution >= 4 is 12.0 Å². The molecule has 2 amide bonds. The largest absolute Gasteiger partial charge is 0.497 e. The van der Waals surface area contributed by atoms with Crippen LogP contribution in [0, 0.1) is 0 Å². The third-order valence-electron chi connectivity index (χ3n) is 5.21. The lowest BCUT2D eigenvalue weighted by Gasteiger charge is -2.21. The van der Waals surface area contributed by atoms with Crippen LogP contribution in [-0.2, 0) is 16.1 Å². The second-order valence-corrected chi connectivity index (χ2v) is 7.68. The lowest BCUT2D eigenvalue weighted by atomic mass is 10.1. The molecule has 6 heteroatoms. The summed E-state index contributed by atoms with van der Waals surface area (Å²) in [4.78, 5) is 26.4. The van der Waals surface area contributed by atoms with Crippen LogP contribution in [0.15, 0.2) is 36.4 Å². The summed E-state index contributed by atoms with van der Waals surface area (Å²) in [7, 11) is 1.62. The van der Waals surface area contributed by atoms with Crippen LogP contribution < -0.4 is 10.1 Å². The van der Waals surface area contributed by atoms with Gasteiger partial charge in [0.1, 0.15) is 12.3 Å². The Hall–Kier alpha value is -2.50. The van der Waals surface area contributed by atoms with E-state index in [1.54, 1.807) is 7.11 Å². The van der Waals surface area contributed by atoms with Crippen molar-refractivity contribution in [3.8, 4) is 5.75 Å². The summed E-state index contributed by atoms with van der Waals surface area (Å²) in [5, 5.41) is 2.88. The molecule has 0 aromatic heterocycles. The van der Waals surface area contributed by atoms with Crippen LogP contribution in [0.2, 0.25) is 0 Å². The van der Waals surface area contributed by atoms with Crippen LogP contribution >= 0.6 is 0 Å². The highest BCUT2D eigenvalue weighted by molar-refractivity contribution is 5.82. The number of benzene rings is 1. The molecule has 30 heavy (non-hydrogen) atoms. The molecule has 0 fully saturated rings. The van der Waals surface area contributed by atoms with Gasteiger partial charge in [0.05, 0.1) is 13.7 Å². The third kappa shape index (κ3) is 9.81. The molecule has 1 aliphatic rings. The monoisotopic (exact) mass is 416 g/mol. The maximum absolute atomic E-state index is 12.5. The fraction of sp³-hybridized carbons (Fsp3) is 0.583. The summed E-state index contributed by atoms with van der Waals surface area (Å²) >= 11 is 0. The smallest absolute Gasteiger partial charge is 0.410 e. The van der Waals surface area contributed by atoms with Gasteiger partial charge in [-0.3, -0.25) is 9.69 Å². The van der Waals surface area contributed by atoms with E-state index in [4.69, 9.17) is 9.47 Å². The highest BCUT2D eigenvalue weighted by Crippen LogP contribution is 2.12. The molecule has 0 spiro atoms. The number of allylic oxidation sites excluding steroid dienone is 1. The van der Waals surface area contributed by atoms with Crippen molar-refractivity contribution in [3.63, 3.8) is 0 Å². The van der Waals surface area contributed by atoms with Gasteiger partial charge in [0.25, 0.3) is 0 Å². The average molecular weight is 417 g/mol. The molecule has 2 rings (SSSR count). The van der Waals surface area contributed by atoms with Crippen molar-refractivity contribution in [2.24, 2.45) is 0 Å². The second kappa shape index (κ2) is 14.5. The highest BCUT2D eigenvalue weighted by Gasteiger charge is 2.18. The summed E-state index contributed by atoms with van der Waals surface area (Å²) in [5.41, 5.74) is 0.975. The number of hydrogen-bond donors (Lipinski definition) is 1. The maximum Gasteiger partial charge on any atom is 0.410 e. The molecule has 0 atom stereocenters. The van der Waals surface area contributed by atoms with E-state index in [0.29, 0.717) is 19.7 Å². The Kier molecular flexibility index (Phi) is 11.5. The van der Waals surface area contributed by atoms with E-state index in [1.807, 2.05) is 24.3 Å². The molecule has 0 aliphatic carbocycles. The normalized spacial score (nSPS) is 18.3. The zero-order chi connectivity index (χ0) is 21.4. The van der Waals surface area contributed by atoms with Gasteiger partial charge in [0.15, 0.2) is 0 Å². The fourth-order valence-electron chi connectivity index (χ4n) is 3.37. The summed E-state index contributed by atoms with van der Waals surface area (Å²) in [6.07, 6.45) is 13.8. The lowest BCUT2D eigenvalue weighted by molar-refractivity contribution is -0.122. The highest BCUT2D eigenvalue weighted by atomic mass is 16.6. The van der Waals surface area contributed by atoms with Crippen LogP contribution in [0.5, 0.6) is 5.75 Å². The average Bonchev–Trinajstić information content (AvgIpc) is 2.76. The minimum absolute atomic E-state index is 0.00281. The van der Waals surface area contributed by atoms with Gasteiger partial charge in [0, 0.05) is 13.1 Å². The number of amides is 2. The summed E-state index contributed by atoms with van der Waals surface area (Å²) in [6.45, 7) is 1.30. The van der Waals surface area contributed by atoms with Crippen LogP contribution in [0.3, 0.4) is 0 Å². The fourth-order valence-corrected chi connectivity index (χ4v) is 3.37. The Bertz CT molecular complexity index is 658. The molecule has 0 saturated carbocycles. The van der Waals surface area contributed by atoms with Crippen LogP contribution in [-0.4, -0.2) is 43.7 Å². The zero-order valence-electron chi connectivity index (χ0n) is 18.2. The van der Waals surface area contributed by atoms with E-state index >= 15 is 0 Å². The topological polar surface area (TPSA) is 67.9 Å². The number of nitrogens with one attached hydrogen (secondary N) is 1. The first-order valence-corrected chi connectivity index (χ1v) is 11.2. The predicted molar refractivity (Wildman–Crippen MR) is 118 cm³/mol. The lowest BCUT2D eigenvalue weighted by Crippen LogP contribution is -2.41. The van der Waals surface area contributed by atoms with Gasteiger partial charge in [-0.1, -0.05) is 56.4 Å². The molecule has 1 aliphatic heterocycles. The first kappa shape index (κ1) is 23.8. The third-order valence-corrected chi connectivity index (χ3v) is 5.21.